The molecule has 1 saturated heterocycles. The summed E-state index contributed by atoms with van der Waals surface area (Å²) >= 11 is 0. The van der Waals surface area contributed by atoms with Crippen molar-refractivity contribution in [1.29, 1.82) is 0 Å². The van der Waals surface area contributed by atoms with Gasteiger partial charge in [-0.3, -0.25) is 4.21 Å². The van der Waals surface area contributed by atoms with E-state index in [1.54, 1.807) is 0 Å². The summed E-state index contributed by atoms with van der Waals surface area (Å²) in [6.45, 7) is 3.58. The Balaban J connectivity index is 2.23. The SMILES string of the molecule is CCNC1CCOCC1S(=O)c1cc(F)ccc1F. The van der Waals surface area contributed by atoms with E-state index in [2.05, 4.69) is 5.32 Å². The predicted octanol–water partition coefficient (Wildman–Crippen LogP) is 1.84. The molecule has 1 N–H and O–H groups in total. The molecular formula is C13H17F2NO2S. The van der Waals surface area contributed by atoms with Crippen LogP contribution in [0.4, 0.5) is 8.78 Å². The van der Waals surface area contributed by atoms with Crippen molar-refractivity contribution in [3.05, 3.63) is 29.8 Å². The fourth-order valence-electron chi connectivity index (χ4n) is 2.21. The third-order valence-corrected chi connectivity index (χ3v) is 4.92. The number of ether oxygens (including phenoxy) is 1. The highest BCUT2D eigenvalue weighted by Gasteiger charge is 2.32. The number of hydrogen-bond donors (Lipinski definition) is 1. The van der Waals surface area contributed by atoms with Crippen molar-refractivity contribution in [3.8, 4) is 0 Å². The molecule has 1 aromatic carbocycles. The summed E-state index contributed by atoms with van der Waals surface area (Å²) < 4.78 is 44.6. The molecule has 0 saturated carbocycles. The van der Waals surface area contributed by atoms with E-state index >= 15 is 0 Å². The molecule has 106 valence electrons. The molecule has 2 rings (SSSR count). The van der Waals surface area contributed by atoms with Gasteiger partial charge in [0.05, 0.1) is 27.6 Å². The third-order valence-electron chi connectivity index (χ3n) is 3.16. The van der Waals surface area contributed by atoms with Crippen molar-refractivity contribution >= 4 is 10.8 Å². The lowest BCUT2D eigenvalue weighted by molar-refractivity contribution is 0.0824. The smallest absolute Gasteiger partial charge is 0.139 e. The van der Waals surface area contributed by atoms with Crippen LogP contribution in [0.3, 0.4) is 0 Å². The zero-order chi connectivity index (χ0) is 13.8. The lowest BCUT2D eigenvalue weighted by Crippen LogP contribution is -2.48. The molecule has 0 aliphatic carbocycles. The van der Waals surface area contributed by atoms with Crippen LogP contribution in [0.25, 0.3) is 0 Å². The van der Waals surface area contributed by atoms with E-state index in [9.17, 15) is 13.0 Å². The Morgan fingerprint density at radius 2 is 2.26 bits per heavy atom. The van der Waals surface area contributed by atoms with E-state index in [4.69, 9.17) is 4.74 Å². The molecule has 1 fully saturated rings. The van der Waals surface area contributed by atoms with Gasteiger partial charge in [-0.25, -0.2) is 8.78 Å². The average molecular weight is 289 g/mol. The zero-order valence-electron chi connectivity index (χ0n) is 10.7. The van der Waals surface area contributed by atoms with Gasteiger partial charge in [-0.05, 0) is 31.2 Å². The molecule has 1 heterocycles. The normalized spacial score (nSPS) is 25.2. The Hall–Kier alpha value is -0.850. The van der Waals surface area contributed by atoms with E-state index in [-0.39, 0.29) is 16.2 Å². The van der Waals surface area contributed by atoms with E-state index in [0.29, 0.717) is 13.2 Å². The lowest BCUT2D eigenvalue weighted by atomic mass is 10.1. The summed E-state index contributed by atoms with van der Waals surface area (Å²) in [5.74, 6) is -1.22. The molecule has 0 aromatic heterocycles. The first-order valence-electron chi connectivity index (χ1n) is 6.30. The van der Waals surface area contributed by atoms with Gasteiger partial charge in [-0.2, -0.15) is 0 Å². The van der Waals surface area contributed by atoms with Crippen molar-refractivity contribution in [2.45, 2.75) is 29.5 Å². The van der Waals surface area contributed by atoms with Crippen LogP contribution in [0, 0.1) is 11.6 Å². The van der Waals surface area contributed by atoms with Crippen LogP contribution in [0.15, 0.2) is 23.1 Å². The minimum absolute atomic E-state index is 0.00208. The van der Waals surface area contributed by atoms with Gasteiger partial charge in [0.15, 0.2) is 0 Å². The molecule has 3 nitrogen and oxygen atoms in total. The van der Waals surface area contributed by atoms with Gasteiger partial charge in [0, 0.05) is 12.6 Å². The number of hydrogen-bond acceptors (Lipinski definition) is 3. The summed E-state index contributed by atoms with van der Waals surface area (Å²) in [6.07, 6.45) is 0.723. The maximum Gasteiger partial charge on any atom is 0.139 e. The second-order valence-electron chi connectivity index (χ2n) is 4.44. The Labute approximate surface area is 113 Å². The van der Waals surface area contributed by atoms with E-state index < -0.39 is 22.4 Å². The van der Waals surface area contributed by atoms with Gasteiger partial charge in [-0.15, -0.1) is 0 Å². The quantitative estimate of drug-likeness (QED) is 0.919. The number of nitrogens with one attached hydrogen (secondary N) is 1. The second-order valence-corrected chi connectivity index (χ2v) is 6.08. The second kappa shape index (κ2) is 6.54. The number of halogens is 2. The molecular weight excluding hydrogens is 272 g/mol. The van der Waals surface area contributed by atoms with E-state index in [0.717, 1.165) is 31.2 Å². The molecule has 19 heavy (non-hydrogen) atoms. The van der Waals surface area contributed by atoms with Gasteiger partial charge in [0.2, 0.25) is 0 Å². The molecule has 1 aliphatic rings. The Bertz CT molecular complexity index is 468. The molecule has 0 radical (unpaired) electrons. The van der Waals surface area contributed by atoms with Crippen LogP contribution in [0.2, 0.25) is 0 Å². The Morgan fingerprint density at radius 1 is 1.47 bits per heavy atom. The summed E-state index contributed by atoms with van der Waals surface area (Å²) in [5, 5.41) is 2.87. The topological polar surface area (TPSA) is 38.3 Å². The molecule has 3 unspecified atom stereocenters. The fraction of sp³-hybridized carbons (Fsp3) is 0.538. The van der Waals surface area contributed by atoms with Gasteiger partial charge in [0.25, 0.3) is 0 Å². The van der Waals surface area contributed by atoms with Crippen LogP contribution in [0.5, 0.6) is 0 Å². The van der Waals surface area contributed by atoms with E-state index in [1.807, 2.05) is 6.92 Å². The van der Waals surface area contributed by atoms with Crippen LogP contribution in [-0.4, -0.2) is 35.3 Å². The number of benzene rings is 1. The van der Waals surface area contributed by atoms with Crippen molar-refractivity contribution in [1.82, 2.24) is 5.32 Å². The van der Waals surface area contributed by atoms with Crippen LogP contribution in [0.1, 0.15) is 13.3 Å². The molecule has 6 heteroatoms. The third kappa shape index (κ3) is 3.38. The first-order chi connectivity index (χ1) is 9.13. The van der Waals surface area contributed by atoms with Crippen LogP contribution in [-0.2, 0) is 15.5 Å². The summed E-state index contributed by atoms with van der Waals surface area (Å²) in [7, 11) is -1.63. The van der Waals surface area contributed by atoms with Gasteiger partial charge >= 0.3 is 0 Å². The molecule has 0 amide bonds. The lowest BCUT2D eigenvalue weighted by Gasteiger charge is -2.31. The minimum atomic E-state index is -1.63. The van der Waals surface area contributed by atoms with Gasteiger partial charge in [-0.1, -0.05) is 6.92 Å². The number of rotatable bonds is 4. The highest BCUT2D eigenvalue weighted by atomic mass is 32.2. The summed E-state index contributed by atoms with van der Waals surface area (Å²) in [6, 6.07) is 3.04. The average Bonchev–Trinajstić information content (AvgIpc) is 2.42. The first kappa shape index (κ1) is 14.6. The molecule has 1 aromatic rings. The Morgan fingerprint density at radius 3 is 3.00 bits per heavy atom. The molecule has 0 bridgehead atoms. The van der Waals surface area contributed by atoms with Crippen molar-refractivity contribution < 1.29 is 17.7 Å². The minimum Gasteiger partial charge on any atom is -0.380 e. The highest BCUT2D eigenvalue weighted by Crippen LogP contribution is 2.22. The molecule has 1 aliphatic heterocycles. The molecule has 3 atom stereocenters. The molecule has 0 spiro atoms. The first-order valence-corrected chi connectivity index (χ1v) is 7.51. The predicted molar refractivity (Wildman–Crippen MR) is 69.5 cm³/mol. The van der Waals surface area contributed by atoms with Crippen molar-refractivity contribution in [3.63, 3.8) is 0 Å². The van der Waals surface area contributed by atoms with Crippen molar-refractivity contribution in [2.24, 2.45) is 0 Å². The maximum atomic E-state index is 13.7. The van der Waals surface area contributed by atoms with Crippen LogP contribution < -0.4 is 5.32 Å². The largest absolute Gasteiger partial charge is 0.380 e. The fourth-order valence-corrected chi connectivity index (χ4v) is 3.78. The van der Waals surface area contributed by atoms with Gasteiger partial charge < -0.3 is 10.1 Å². The maximum absolute atomic E-state index is 13.7. The standard InChI is InChI=1S/C13H17F2NO2S/c1-2-16-11-5-6-18-8-13(11)19(17)12-7-9(14)3-4-10(12)15/h3-4,7,11,13,16H,2,5-6,8H2,1H3. The monoisotopic (exact) mass is 289 g/mol. The van der Waals surface area contributed by atoms with E-state index in [1.165, 1.54) is 0 Å². The van der Waals surface area contributed by atoms with Gasteiger partial charge in [0.1, 0.15) is 11.6 Å². The Kier molecular flexibility index (Phi) is 5.01. The van der Waals surface area contributed by atoms with Crippen molar-refractivity contribution in [2.75, 3.05) is 19.8 Å². The summed E-state index contributed by atoms with van der Waals surface area (Å²) in [4.78, 5) is -0.0848. The highest BCUT2D eigenvalue weighted by molar-refractivity contribution is 7.85. The zero-order valence-corrected chi connectivity index (χ0v) is 11.5. The summed E-state index contributed by atoms with van der Waals surface area (Å²) in [5.41, 5.74) is 0. The van der Waals surface area contributed by atoms with Crippen LogP contribution >= 0.6 is 0 Å².